The minimum atomic E-state index is 0.217. The second-order valence-corrected chi connectivity index (χ2v) is 5.25. The van der Waals surface area contributed by atoms with Crippen LogP contribution in [0.15, 0.2) is 41.1 Å². The Labute approximate surface area is 121 Å². The summed E-state index contributed by atoms with van der Waals surface area (Å²) >= 11 is 0. The van der Waals surface area contributed by atoms with Gasteiger partial charge in [0.05, 0.1) is 11.5 Å². The molecule has 5 heteroatoms. The van der Waals surface area contributed by atoms with Gasteiger partial charge in [0.15, 0.2) is 5.82 Å². The van der Waals surface area contributed by atoms with E-state index in [4.69, 9.17) is 9.78 Å². The van der Waals surface area contributed by atoms with Crippen molar-refractivity contribution in [2.24, 2.45) is 7.05 Å². The van der Waals surface area contributed by atoms with Gasteiger partial charge >= 0.3 is 0 Å². The molecule has 0 saturated heterocycles. The molecule has 5 nitrogen and oxygen atoms in total. The van der Waals surface area contributed by atoms with Gasteiger partial charge in [0.2, 0.25) is 0 Å². The molecule has 2 heterocycles. The van der Waals surface area contributed by atoms with Crippen LogP contribution in [0.5, 0.6) is 0 Å². The Morgan fingerprint density at radius 3 is 3.00 bits per heavy atom. The Balaban J connectivity index is 1.68. The molecule has 102 valence electrons. The van der Waals surface area contributed by atoms with Crippen LogP contribution in [-0.2, 0) is 13.5 Å². The van der Waals surface area contributed by atoms with E-state index in [0.717, 1.165) is 12.1 Å². The first-order chi connectivity index (χ1) is 10.3. The van der Waals surface area contributed by atoms with E-state index in [0.29, 0.717) is 17.3 Å². The molecule has 1 unspecified atom stereocenters. The first-order valence-corrected chi connectivity index (χ1v) is 6.74. The van der Waals surface area contributed by atoms with Gasteiger partial charge in [0, 0.05) is 13.2 Å². The number of aromatic nitrogens is 3. The fourth-order valence-corrected chi connectivity index (χ4v) is 2.81. The lowest BCUT2D eigenvalue weighted by Gasteiger charge is -2.27. The molecule has 2 aromatic heterocycles. The zero-order valence-electron chi connectivity index (χ0n) is 11.4. The summed E-state index contributed by atoms with van der Waals surface area (Å²) in [5.41, 5.74) is 3.97. The van der Waals surface area contributed by atoms with Crippen LogP contribution >= 0.6 is 0 Å². The standard InChI is InChI=1S/C16H12N4O/c1-20-9-10(8-17)6-14(20)16-18-15(19-21-16)13-7-11-4-2-3-5-12(11)13/h2-6,9,13H,7H2,1H3. The molecule has 0 amide bonds. The molecule has 0 saturated carbocycles. The summed E-state index contributed by atoms with van der Waals surface area (Å²) in [6, 6.07) is 12.2. The largest absolute Gasteiger partial charge is 0.345 e. The number of nitrogens with zero attached hydrogens (tertiary/aromatic N) is 4. The highest BCUT2D eigenvalue weighted by Gasteiger charge is 2.31. The Hall–Kier alpha value is -2.87. The van der Waals surface area contributed by atoms with E-state index in [1.165, 1.54) is 11.1 Å². The van der Waals surface area contributed by atoms with Crippen molar-refractivity contribution in [1.82, 2.24) is 14.7 Å². The average Bonchev–Trinajstić information content (AvgIpc) is 3.07. The van der Waals surface area contributed by atoms with E-state index in [1.54, 1.807) is 12.3 Å². The van der Waals surface area contributed by atoms with Crippen LogP contribution in [0.3, 0.4) is 0 Å². The number of nitriles is 1. The van der Waals surface area contributed by atoms with Gasteiger partial charge in [-0.3, -0.25) is 0 Å². The third-order valence-corrected chi connectivity index (χ3v) is 3.96. The Morgan fingerprint density at radius 1 is 1.38 bits per heavy atom. The number of hydrogen-bond donors (Lipinski definition) is 0. The number of hydrogen-bond acceptors (Lipinski definition) is 4. The first kappa shape index (κ1) is 11.9. The normalized spacial score (nSPS) is 16.1. The molecular weight excluding hydrogens is 264 g/mol. The van der Waals surface area contributed by atoms with E-state index < -0.39 is 0 Å². The molecule has 21 heavy (non-hydrogen) atoms. The minimum Gasteiger partial charge on any atom is -0.345 e. The topological polar surface area (TPSA) is 67.6 Å². The van der Waals surface area contributed by atoms with Crippen molar-refractivity contribution >= 4 is 0 Å². The van der Waals surface area contributed by atoms with Crippen LogP contribution in [0.1, 0.15) is 28.4 Å². The molecule has 0 aliphatic heterocycles. The van der Waals surface area contributed by atoms with Gasteiger partial charge in [-0.1, -0.05) is 29.4 Å². The molecule has 0 spiro atoms. The van der Waals surface area contributed by atoms with E-state index in [1.807, 2.05) is 23.7 Å². The fraction of sp³-hybridized carbons (Fsp3) is 0.188. The molecule has 4 rings (SSSR count). The molecule has 0 N–H and O–H groups in total. The quantitative estimate of drug-likeness (QED) is 0.721. The first-order valence-electron chi connectivity index (χ1n) is 6.74. The zero-order valence-corrected chi connectivity index (χ0v) is 11.4. The zero-order chi connectivity index (χ0) is 14.4. The fourth-order valence-electron chi connectivity index (χ4n) is 2.81. The summed E-state index contributed by atoms with van der Waals surface area (Å²) in [7, 11) is 1.86. The molecule has 1 aliphatic carbocycles. The Bertz CT molecular complexity index is 869. The molecule has 1 atom stereocenters. The van der Waals surface area contributed by atoms with Gasteiger partial charge in [-0.05, 0) is 23.6 Å². The highest BCUT2D eigenvalue weighted by atomic mass is 16.5. The summed E-state index contributed by atoms with van der Waals surface area (Å²) in [5, 5.41) is 13.0. The van der Waals surface area contributed by atoms with E-state index in [2.05, 4.69) is 28.3 Å². The van der Waals surface area contributed by atoms with Crippen molar-refractivity contribution in [3.8, 4) is 17.7 Å². The summed E-state index contributed by atoms with van der Waals surface area (Å²) in [4.78, 5) is 4.50. The van der Waals surface area contributed by atoms with Crippen LogP contribution in [0.4, 0.5) is 0 Å². The van der Waals surface area contributed by atoms with Crippen molar-refractivity contribution < 1.29 is 4.52 Å². The third kappa shape index (κ3) is 1.77. The van der Waals surface area contributed by atoms with Gasteiger partial charge in [-0.2, -0.15) is 10.2 Å². The molecule has 1 aromatic carbocycles. The smallest absolute Gasteiger partial charge is 0.274 e. The SMILES string of the molecule is Cn1cc(C#N)cc1-c1nc(C2Cc3ccccc32)no1. The van der Waals surface area contributed by atoms with Crippen LogP contribution in [0.25, 0.3) is 11.6 Å². The summed E-state index contributed by atoms with van der Waals surface area (Å²) in [6.45, 7) is 0. The second-order valence-electron chi connectivity index (χ2n) is 5.25. The summed E-state index contributed by atoms with van der Waals surface area (Å²) in [6.07, 6.45) is 2.70. The highest BCUT2D eigenvalue weighted by molar-refractivity contribution is 5.53. The van der Waals surface area contributed by atoms with Crippen LogP contribution < -0.4 is 0 Å². The van der Waals surface area contributed by atoms with Crippen LogP contribution in [0, 0.1) is 11.3 Å². The molecule has 0 bridgehead atoms. The summed E-state index contributed by atoms with van der Waals surface area (Å²) in [5.74, 6) is 1.39. The van der Waals surface area contributed by atoms with Gasteiger partial charge in [-0.25, -0.2) is 0 Å². The van der Waals surface area contributed by atoms with Gasteiger partial charge in [0.25, 0.3) is 5.89 Å². The number of fused-ring (bicyclic) bond motifs is 1. The van der Waals surface area contributed by atoms with E-state index in [-0.39, 0.29) is 5.92 Å². The molecule has 0 fully saturated rings. The molecule has 0 radical (unpaired) electrons. The second kappa shape index (κ2) is 4.32. The lowest BCUT2D eigenvalue weighted by molar-refractivity contribution is 0.414. The van der Waals surface area contributed by atoms with Crippen molar-refractivity contribution in [3.63, 3.8) is 0 Å². The van der Waals surface area contributed by atoms with Crippen LogP contribution in [-0.4, -0.2) is 14.7 Å². The van der Waals surface area contributed by atoms with Gasteiger partial charge < -0.3 is 9.09 Å². The number of benzene rings is 1. The highest BCUT2D eigenvalue weighted by Crippen LogP contribution is 2.39. The average molecular weight is 276 g/mol. The van der Waals surface area contributed by atoms with Crippen molar-refractivity contribution in [1.29, 1.82) is 5.26 Å². The van der Waals surface area contributed by atoms with Crippen molar-refractivity contribution in [3.05, 3.63) is 59.0 Å². The van der Waals surface area contributed by atoms with E-state index in [9.17, 15) is 0 Å². The van der Waals surface area contributed by atoms with Gasteiger partial charge in [0.1, 0.15) is 11.8 Å². The third-order valence-electron chi connectivity index (χ3n) is 3.96. The maximum absolute atomic E-state index is 8.94. The molecule has 1 aliphatic rings. The van der Waals surface area contributed by atoms with Gasteiger partial charge in [-0.15, -0.1) is 0 Å². The Morgan fingerprint density at radius 2 is 2.24 bits per heavy atom. The molecule has 3 aromatic rings. The monoisotopic (exact) mass is 276 g/mol. The van der Waals surface area contributed by atoms with Crippen molar-refractivity contribution in [2.45, 2.75) is 12.3 Å². The maximum atomic E-state index is 8.94. The molecular formula is C16H12N4O. The van der Waals surface area contributed by atoms with Crippen molar-refractivity contribution in [2.75, 3.05) is 0 Å². The lowest BCUT2D eigenvalue weighted by atomic mass is 9.77. The predicted molar refractivity (Wildman–Crippen MR) is 75.4 cm³/mol. The maximum Gasteiger partial charge on any atom is 0.274 e. The Kier molecular flexibility index (Phi) is 2.45. The number of aryl methyl sites for hydroxylation is 1. The minimum absolute atomic E-state index is 0.217. The van der Waals surface area contributed by atoms with E-state index >= 15 is 0 Å². The lowest BCUT2D eigenvalue weighted by Crippen LogP contribution is -2.19. The predicted octanol–water partition coefficient (Wildman–Crippen LogP) is 2.63. The summed E-state index contributed by atoms with van der Waals surface area (Å²) < 4.78 is 7.19. The van der Waals surface area contributed by atoms with Crippen LogP contribution in [0.2, 0.25) is 0 Å². The number of rotatable bonds is 2.